The molecule has 20 heavy (non-hydrogen) atoms. The zero-order chi connectivity index (χ0) is 14.9. The van der Waals surface area contributed by atoms with E-state index >= 15 is 0 Å². The number of aromatic nitrogens is 2. The van der Waals surface area contributed by atoms with Crippen molar-refractivity contribution >= 4 is 15.7 Å². The number of hydrogen-bond acceptors (Lipinski definition) is 4. The van der Waals surface area contributed by atoms with Gasteiger partial charge < -0.3 is 4.90 Å². The molecular formula is C13H21N3O3S. The van der Waals surface area contributed by atoms with E-state index in [1.165, 1.54) is 0 Å². The summed E-state index contributed by atoms with van der Waals surface area (Å²) in [6, 6.07) is -0.168. The molecule has 2 heterocycles. The Morgan fingerprint density at radius 1 is 1.45 bits per heavy atom. The molecule has 1 aliphatic heterocycles. The zero-order valence-electron chi connectivity index (χ0n) is 12.1. The molecule has 1 saturated heterocycles. The molecular weight excluding hydrogens is 278 g/mol. The molecule has 1 N–H and O–H groups in total. The van der Waals surface area contributed by atoms with E-state index in [-0.39, 0.29) is 23.5 Å². The summed E-state index contributed by atoms with van der Waals surface area (Å²) in [4.78, 5) is 13.8. The van der Waals surface area contributed by atoms with Crippen LogP contribution in [0.2, 0.25) is 0 Å². The molecule has 0 spiro atoms. The Kier molecular flexibility index (Phi) is 4.17. The first-order valence-corrected chi connectivity index (χ1v) is 8.59. The summed E-state index contributed by atoms with van der Waals surface area (Å²) in [5.74, 6) is 0.279. The minimum absolute atomic E-state index is 0.00731. The monoisotopic (exact) mass is 299 g/mol. The maximum absolute atomic E-state index is 12.2. The first-order chi connectivity index (χ1) is 9.30. The van der Waals surface area contributed by atoms with Gasteiger partial charge in [-0.15, -0.1) is 0 Å². The minimum Gasteiger partial charge on any atom is -0.342 e. The van der Waals surface area contributed by atoms with Crippen molar-refractivity contribution in [3.8, 4) is 0 Å². The van der Waals surface area contributed by atoms with Crippen molar-refractivity contribution in [3.05, 3.63) is 17.0 Å². The number of aromatic amines is 1. The SMILES string of the molecule is Cc1n[nH]c(C)c1CCC(=O)N(C)C1CCS(=O)(=O)C1. The quantitative estimate of drug-likeness (QED) is 0.882. The average molecular weight is 299 g/mol. The number of sulfone groups is 1. The van der Waals surface area contributed by atoms with Gasteiger partial charge in [-0.3, -0.25) is 9.89 Å². The lowest BCUT2D eigenvalue weighted by Gasteiger charge is -2.23. The Hall–Kier alpha value is -1.37. The van der Waals surface area contributed by atoms with E-state index < -0.39 is 9.84 Å². The average Bonchev–Trinajstić information content (AvgIpc) is 2.89. The maximum atomic E-state index is 12.2. The van der Waals surface area contributed by atoms with E-state index in [0.29, 0.717) is 19.3 Å². The zero-order valence-corrected chi connectivity index (χ0v) is 13.0. The number of carbonyl (C=O) groups excluding carboxylic acids is 1. The second-order valence-electron chi connectivity index (χ2n) is 5.47. The van der Waals surface area contributed by atoms with Gasteiger partial charge in [-0.1, -0.05) is 0 Å². The molecule has 0 aliphatic carbocycles. The topological polar surface area (TPSA) is 83.1 Å². The molecule has 2 rings (SSSR count). The van der Waals surface area contributed by atoms with Crippen LogP contribution in [0.15, 0.2) is 0 Å². The fourth-order valence-corrected chi connectivity index (χ4v) is 4.41. The van der Waals surface area contributed by atoms with E-state index in [0.717, 1.165) is 17.0 Å². The fourth-order valence-electron chi connectivity index (χ4n) is 2.64. The van der Waals surface area contributed by atoms with Crippen molar-refractivity contribution in [1.29, 1.82) is 0 Å². The highest BCUT2D eigenvalue weighted by Gasteiger charge is 2.32. The predicted octanol–water partition coefficient (Wildman–Crippen LogP) is 0.605. The van der Waals surface area contributed by atoms with Crippen LogP contribution < -0.4 is 0 Å². The lowest BCUT2D eigenvalue weighted by atomic mass is 10.1. The summed E-state index contributed by atoms with van der Waals surface area (Å²) in [7, 11) is -1.26. The van der Waals surface area contributed by atoms with Crippen LogP contribution >= 0.6 is 0 Å². The number of amides is 1. The summed E-state index contributed by atoms with van der Waals surface area (Å²) in [5, 5.41) is 7.01. The summed E-state index contributed by atoms with van der Waals surface area (Å²) in [6.45, 7) is 3.85. The molecule has 0 aromatic carbocycles. The minimum atomic E-state index is -2.95. The van der Waals surface area contributed by atoms with Gasteiger partial charge in [0.05, 0.1) is 17.2 Å². The molecule has 7 heteroatoms. The predicted molar refractivity (Wildman–Crippen MR) is 76.2 cm³/mol. The molecule has 0 bridgehead atoms. The first-order valence-electron chi connectivity index (χ1n) is 6.76. The molecule has 1 fully saturated rings. The maximum Gasteiger partial charge on any atom is 0.222 e. The molecule has 1 aromatic heterocycles. The molecule has 0 radical (unpaired) electrons. The second-order valence-corrected chi connectivity index (χ2v) is 7.70. The van der Waals surface area contributed by atoms with Crippen molar-refractivity contribution in [2.24, 2.45) is 0 Å². The van der Waals surface area contributed by atoms with Crippen LogP contribution in [0.1, 0.15) is 29.8 Å². The van der Waals surface area contributed by atoms with Crippen molar-refractivity contribution in [2.75, 3.05) is 18.6 Å². The number of nitrogens with one attached hydrogen (secondary N) is 1. The van der Waals surface area contributed by atoms with Gasteiger partial charge in [0.1, 0.15) is 0 Å². The van der Waals surface area contributed by atoms with Crippen LogP contribution in [0.3, 0.4) is 0 Å². The highest BCUT2D eigenvalue weighted by Crippen LogP contribution is 2.18. The molecule has 1 amide bonds. The Morgan fingerprint density at radius 2 is 2.15 bits per heavy atom. The van der Waals surface area contributed by atoms with Crippen LogP contribution in [0.4, 0.5) is 0 Å². The Labute approximate surface area is 119 Å². The van der Waals surface area contributed by atoms with Gasteiger partial charge in [-0.05, 0) is 32.3 Å². The van der Waals surface area contributed by atoms with E-state index in [9.17, 15) is 13.2 Å². The fraction of sp³-hybridized carbons (Fsp3) is 0.692. The van der Waals surface area contributed by atoms with Crippen molar-refractivity contribution in [1.82, 2.24) is 15.1 Å². The van der Waals surface area contributed by atoms with E-state index in [4.69, 9.17) is 0 Å². The van der Waals surface area contributed by atoms with E-state index in [1.807, 2.05) is 13.8 Å². The molecule has 1 unspecified atom stereocenters. The number of hydrogen-bond donors (Lipinski definition) is 1. The van der Waals surface area contributed by atoms with Crippen LogP contribution in [-0.4, -0.2) is 54.0 Å². The standard InChI is InChI=1S/C13H21N3O3S/c1-9-12(10(2)15-14-9)4-5-13(17)16(3)11-6-7-20(18,19)8-11/h11H,4-8H2,1-3H3,(H,14,15). The molecule has 1 aromatic rings. The third-order valence-corrected chi connectivity index (χ3v) is 5.77. The van der Waals surface area contributed by atoms with Crippen molar-refractivity contribution in [3.63, 3.8) is 0 Å². The van der Waals surface area contributed by atoms with Gasteiger partial charge in [0, 0.05) is 25.2 Å². The first kappa shape index (κ1) is 15.0. The largest absolute Gasteiger partial charge is 0.342 e. The van der Waals surface area contributed by atoms with Gasteiger partial charge in [-0.25, -0.2) is 8.42 Å². The summed E-state index contributed by atoms with van der Waals surface area (Å²) in [6.07, 6.45) is 1.57. The van der Waals surface area contributed by atoms with Gasteiger partial charge in [0.25, 0.3) is 0 Å². The lowest BCUT2D eigenvalue weighted by molar-refractivity contribution is -0.131. The van der Waals surface area contributed by atoms with Gasteiger partial charge in [-0.2, -0.15) is 5.10 Å². The van der Waals surface area contributed by atoms with Crippen molar-refractivity contribution in [2.45, 2.75) is 39.2 Å². The third-order valence-electron chi connectivity index (χ3n) is 4.02. The van der Waals surface area contributed by atoms with E-state index in [1.54, 1.807) is 11.9 Å². The van der Waals surface area contributed by atoms with Gasteiger partial charge in [0.15, 0.2) is 9.84 Å². The Balaban J connectivity index is 1.92. The molecule has 112 valence electrons. The van der Waals surface area contributed by atoms with E-state index in [2.05, 4.69) is 10.2 Å². The second kappa shape index (κ2) is 5.55. The third kappa shape index (κ3) is 3.20. The van der Waals surface area contributed by atoms with Crippen molar-refractivity contribution < 1.29 is 13.2 Å². The van der Waals surface area contributed by atoms with Crippen LogP contribution in [0.25, 0.3) is 0 Å². The number of nitrogens with zero attached hydrogens (tertiary/aromatic N) is 2. The molecule has 1 atom stereocenters. The van der Waals surface area contributed by atoms with Crippen LogP contribution in [-0.2, 0) is 21.1 Å². The van der Waals surface area contributed by atoms with Crippen LogP contribution in [0, 0.1) is 13.8 Å². The Morgan fingerprint density at radius 3 is 2.65 bits per heavy atom. The highest BCUT2D eigenvalue weighted by atomic mass is 32.2. The molecule has 1 aliphatic rings. The number of rotatable bonds is 4. The van der Waals surface area contributed by atoms with Gasteiger partial charge >= 0.3 is 0 Å². The Bertz CT molecular complexity index is 587. The summed E-state index contributed by atoms with van der Waals surface area (Å²) >= 11 is 0. The highest BCUT2D eigenvalue weighted by molar-refractivity contribution is 7.91. The van der Waals surface area contributed by atoms with Crippen LogP contribution in [0.5, 0.6) is 0 Å². The normalized spacial score (nSPS) is 21.1. The number of H-pyrrole nitrogens is 1. The summed E-state index contributed by atoms with van der Waals surface area (Å²) in [5.41, 5.74) is 2.98. The number of aryl methyl sites for hydroxylation is 2. The lowest BCUT2D eigenvalue weighted by Crippen LogP contribution is -2.37. The molecule has 0 saturated carbocycles. The van der Waals surface area contributed by atoms with Gasteiger partial charge in [0.2, 0.25) is 5.91 Å². The summed E-state index contributed by atoms with van der Waals surface area (Å²) < 4.78 is 22.9. The molecule has 6 nitrogen and oxygen atoms in total. The number of carbonyl (C=O) groups is 1. The smallest absolute Gasteiger partial charge is 0.222 e.